The van der Waals surface area contributed by atoms with Crippen molar-refractivity contribution in [1.29, 1.82) is 0 Å². The average Bonchev–Trinajstić information content (AvgIpc) is 3.11. The number of hydrogen-bond acceptors (Lipinski definition) is 5. The molecule has 2 aromatic carbocycles. The van der Waals surface area contributed by atoms with E-state index in [2.05, 4.69) is 4.74 Å². The van der Waals surface area contributed by atoms with Gasteiger partial charge in [0, 0.05) is 13.0 Å². The van der Waals surface area contributed by atoms with Crippen LogP contribution in [-0.4, -0.2) is 41.7 Å². The fraction of sp³-hybridized carbons (Fsp3) is 0.391. The highest BCUT2D eigenvalue weighted by molar-refractivity contribution is 5.88. The van der Waals surface area contributed by atoms with Gasteiger partial charge in [0.25, 0.3) is 0 Å². The molecule has 0 bridgehead atoms. The zero-order valence-electron chi connectivity index (χ0n) is 17.1. The monoisotopic (exact) mass is 435 g/mol. The van der Waals surface area contributed by atoms with Crippen LogP contribution in [0.1, 0.15) is 30.9 Å². The van der Waals surface area contributed by atoms with Gasteiger partial charge in [-0.15, -0.1) is 13.2 Å². The number of carbonyl (C=O) groups excluding carboxylic acids is 2. The molecule has 0 saturated carbocycles. The molecule has 1 fully saturated rings. The third kappa shape index (κ3) is 6.30. The number of carbonyl (C=O) groups is 2. The van der Waals surface area contributed by atoms with Crippen molar-refractivity contribution in [2.45, 2.75) is 51.2 Å². The molecule has 3 rings (SSSR count). The Hall–Kier alpha value is -2.87. The van der Waals surface area contributed by atoms with Gasteiger partial charge in [-0.1, -0.05) is 42.5 Å². The normalized spacial score (nSPS) is 19.2. The predicted octanol–water partition coefficient (Wildman–Crippen LogP) is 4.29. The topological polar surface area (TPSA) is 55.8 Å². The Morgan fingerprint density at radius 1 is 1.00 bits per heavy atom. The lowest BCUT2D eigenvalue weighted by molar-refractivity contribution is -0.274. The van der Waals surface area contributed by atoms with Crippen LogP contribution in [0.5, 0.6) is 5.75 Å². The van der Waals surface area contributed by atoms with E-state index >= 15 is 0 Å². The number of likely N-dealkylation sites (tertiary alicyclic amines) is 1. The molecule has 1 aliphatic heterocycles. The number of hydrogen-bond donors (Lipinski definition) is 0. The van der Waals surface area contributed by atoms with Crippen LogP contribution in [-0.2, 0) is 27.3 Å². The minimum Gasteiger partial charge on any atom is -0.465 e. The molecule has 0 spiro atoms. The summed E-state index contributed by atoms with van der Waals surface area (Å²) in [5.41, 5.74) is 1.38. The highest BCUT2D eigenvalue weighted by Gasteiger charge is 2.41. The van der Waals surface area contributed by atoms with E-state index in [0.717, 1.165) is 5.56 Å². The summed E-state index contributed by atoms with van der Waals surface area (Å²) in [5, 5.41) is 0. The molecule has 1 aliphatic rings. The van der Waals surface area contributed by atoms with Crippen molar-refractivity contribution in [3.8, 4) is 5.75 Å². The Bertz CT molecular complexity index is 901. The molecular formula is C23H24F3NO4. The minimum absolute atomic E-state index is 0.0550. The summed E-state index contributed by atoms with van der Waals surface area (Å²) in [6.07, 6.45) is -3.89. The van der Waals surface area contributed by atoms with Crippen LogP contribution >= 0.6 is 0 Å². The first-order valence-corrected chi connectivity index (χ1v) is 10.1. The molecule has 0 radical (unpaired) electrons. The molecule has 5 nitrogen and oxygen atoms in total. The van der Waals surface area contributed by atoms with Crippen molar-refractivity contribution < 1.29 is 32.2 Å². The summed E-state index contributed by atoms with van der Waals surface area (Å²) >= 11 is 0. The summed E-state index contributed by atoms with van der Waals surface area (Å²) in [5.74, 6) is -0.893. The molecule has 0 amide bonds. The van der Waals surface area contributed by atoms with Crippen LogP contribution in [0.2, 0.25) is 0 Å². The first-order chi connectivity index (χ1) is 14.8. The molecule has 0 unspecified atom stereocenters. The first-order valence-electron chi connectivity index (χ1n) is 10.1. The van der Waals surface area contributed by atoms with Gasteiger partial charge >= 0.3 is 12.3 Å². The molecule has 0 aromatic heterocycles. The molecular weight excluding hydrogens is 411 g/mol. The Labute approximate surface area is 178 Å². The van der Waals surface area contributed by atoms with E-state index in [1.165, 1.54) is 18.2 Å². The van der Waals surface area contributed by atoms with E-state index < -0.39 is 18.4 Å². The van der Waals surface area contributed by atoms with Gasteiger partial charge in [-0.2, -0.15) is 0 Å². The minimum atomic E-state index is -4.80. The van der Waals surface area contributed by atoms with Crippen molar-refractivity contribution in [3.63, 3.8) is 0 Å². The number of nitrogens with zero attached hydrogens (tertiary/aromatic N) is 1. The Kier molecular flexibility index (Phi) is 7.33. The van der Waals surface area contributed by atoms with Gasteiger partial charge in [0.1, 0.15) is 11.8 Å². The number of benzene rings is 2. The van der Waals surface area contributed by atoms with Gasteiger partial charge in [-0.25, -0.2) is 0 Å². The maximum absolute atomic E-state index is 13.1. The third-order valence-electron chi connectivity index (χ3n) is 5.16. The smallest absolute Gasteiger partial charge is 0.465 e. The highest BCUT2D eigenvalue weighted by atomic mass is 19.4. The largest absolute Gasteiger partial charge is 0.573 e. The summed E-state index contributed by atoms with van der Waals surface area (Å²) in [7, 11) is 0. The second-order valence-electron chi connectivity index (χ2n) is 7.36. The predicted molar refractivity (Wildman–Crippen MR) is 107 cm³/mol. The Balaban J connectivity index is 1.76. The lowest BCUT2D eigenvalue weighted by atomic mass is 10.0. The SMILES string of the molecule is CCOC(=O)[C@H]1CC[C@@H](C(=O)Cc2cccc(OC(F)(F)F)c2)N1Cc1ccccc1. The quantitative estimate of drug-likeness (QED) is 0.579. The molecule has 1 saturated heterocycles. The Morgan fingerprint density at radius 3 is 2.35 bits per heavy atom. The van der Waals surface area contributed by atoms with Gasteiger partial charge in [0.05, 0.1) is 12.6 Å². The van der Waals surface area contributed by atoms with Crippen LogP contribution in [0.3, 0.4) is 0 Å². The van der Waals surface area contributed by atoms with Gasteiger partial charge in [-0.3, -0.25) is 14.5 Å². The van der Waals surface area contributed by atoms with Crippen LogP contribution in [0.15, 0.2) is 54.6 Å². The van der Waals surface area contributed by atoms with E-state index in [9.17, 15) is 22.8 Å². The highest BCUT2D eigenvalue weighted by Crippen LogP contribution is 2.29. The number of esters is 1. The lowest BCUT2D eigenvalue weighted by Gasteiger charge is -2.28. The average molecular weight is 435 g/mol. The zero-order valence-corrected chi connectivity index (χ0v) is 17.1. The number of ketones is 1. The van der Waals surface area contributed by atoms with Crippen LogP contribution in [0.4, 0.5) is 13.2 Å². The number of alkyl halides is 3. The van der Waals surface area contributed by atoms with E-state index in [4.69, 9.17) is 4.74 Å². The first kappa shape index (κ1) is 22.8. The summed E-state index contributed by atoms with van der Waals surface area (Å²) < 4.78 is 46.6. The lowest BCUT2D eigenvalue weighted by Crippen LogP contribution is -2.44. The Morgan fingerprint density at radius 2 is 1.68 bits per heavy atom. The van der Waals surface area contributed by atoms with Gasteiger partial charge in [0.15, 0.2) is 5.78 Å². The van der Waals surface area contributed by atoms with E-state index in [1.807, 2.05) is 35.2 Å². The fourth-order valence-electron chi connectivity index (χ4n) is 3.89. The van der Waals surface area contributed by atoms with Gasteiger partial charge < -0.3 is 9.47 Å². The van der Waals surface area contributed by atoms with Gasteiger partial charge in [-0.05, 0) is 43.0 Å². The third-order valence-corrected chi connectivity index (χ3v) is 5.16. The van der Waals surface area contributed by atoms with Crippen LogP contribution < -0.4 is 4.74 Å². The molecule has 0 aliphatic carbocycles. The summed E-state index contributed by atoms with van der Waals surface area (Å²) in [6.45, 7) is 2.38. The standard InChI is InChI=1S/C23H24F3NO4/c1-2-30-22(29)20-12-11-19(27(20)15-16-7-4-3-5-8-16)21(28)14-17-9-6-10-18(13-17)31-23(24,25)26/h3-10,13,19-20H,2,11-12,14-15H2,1H3/t19-,20+/m0/s1. The van der Waals surface area contributed by atoms with E-state index in [-0.39, 0.29) is 30.5 Å². The summed E-state index contributed by atoms with van der Waals surface area (Å²) in [4.78, 5) is 27.4. The van der Waals surface area contributed by atoms with E-state index in [1.54, 1.807) is 13.0 Å². The van der Waals surface area contributed by atoms with Crippen LogP contribution in [0, 0.1) is 0 Å². The molecule has 31 heavy (non-hydrogen) atoms. The molecule has 0 N–H and O–H groups in total. The van der Waals surface area contributed by atoms with E-state index in [0.29, 0.717) is 24.9 Å². The second kappa shape index (κ2) is 9.96. The number of Topliss-reactive ketones (excluding diaryl/α,β-unsaturated/α-hetero) is 1. The van der Waals surface area contributed by atoms with Crippen LogP contribution in [0.25, 0.3) is 0 Å². The molecule has 2 aromatic rings. The maximum atomic E-state index is 13.1. The molecule has 166 valence electrons. The molecule has 2 atom stereocenters. The van der Waals surface area contributed by atoms with Crippen molar-refractivity contribution in [1.82, 2.24) is 4.90 Å². The molecule has 8 heteroatoms. The summed E-state index contributed by atoms with van der Waals surface area (Å²) in [6, 6.07) is 13.8. The zero-order chi connectivity index (χ0) is 22.4. The number of halogens is 3. The van der Waals surface area contributed by atoms with Crippen molar-refractivity contribution in [3.05, 3.63) is 65.7 Å². The van der Waals surface area contributed by atoms with Crippen molar-refractivity contribution in [2.75, 3.05) is 6.61 Å². The fourth-order valence-corrected chi connectivity index (χ4v) is 3.89. The molecule has 1 heterocycles. The number of ether oxygens (including phenoxy) is 2. The van der Waals surface area contributed by atoms with Crippen molar-refractivity contribution in [2.24, 2.45) is 0 Å². The number of rotatable bonds is 8. The van der Waals surface area contributed by atoms with Gasteiger partial charge in [0.2, 0.25) is 0 Å². The van der Waals surface area contributed by atoms with Crippen molar-refractivity contribution >= 4 is 11.8 Å². The maximum Gasteiger partial charge on any atom is 0.573 e. The second-order valence-corrected chi connectivity index (χ2v) is 7.36.